The minimum absolute atomic E-state index is 0.0754. The molecule has 0 radical (unpaired) electrons. The summed E-state index contributed by atoms with van der Waals surface area (Å²) in [7, 11) is 0. The lowest BCUT2D eigenvalue weighted by atomic mass is 10.1. The Morgan fingerprint density at radius 3 is 2.95 bits per heavy atom. The average Bonchev–Trinajstić information content (AvgIpc) is 3.00. The van der Waals surface area contributed by atoms with E-state index in [2.05, 4.69) is 38.6 Å². The Bertz CT molecular complexity index is 603. The largest absolute Gasteiger partial charge is 0.474 e. The molecule has 2 unspecified atom stereocenters. The normalized spacial score (nSPS) is 22.1. The lowest BCUT2D eigenvalue weighted by Gasteiger charge is -2.37. The van der Waals surface area contributed by atoms with Gasteiger partial charge in [0.25, 0.3) is 0 Å². The second kappa shape index (κ2) is 6.62. The van der Waals surface area contributed by atoms with Crippen LogP contribution in [-0.4, -0.2) is 35.3 Å². The van der Waals surface area contributed by atoms with Gasteiger partial charge in [0.15, 0.2) is 5.82 Å². The molecule has 0 bridgehead atoms. The van der Waals surface area contributed by atoms with Crippen molar-refractivity contribution >= 4 is 17.2 Å². The number of hydrogen-bond acceptors (Lipinski definition) is 6. The lowest BCUT2D eigenvalue weighted by Crippen LogP contribution is -2.43. The molecule has 3 rings (SSSR count). The first-order valence-corrected chi connectivity index (χ1v) is 8.47. The molecule has 6 heteroatoms. The number of rotatable bonds is 4. The van der Waals surface area contributed by atoms with E-state index in [1.807, 2.05) is 13.8 Å². The van der Waals surface area contributed by atoms with Gasteiger partial charge in [-0.1, -0.05) is 0 Å². The molecule has 0 amide bonds. The molecule has 0 N–H and O–H groups in total. The van der Waals surface area contributed by atoms with Crippen LogP contribution < -0.4 is 9.64 Å². The summed E-state index contributed by atoms with van der Waals surface area (Å²) in [5, 5.41) is 4.23. The maximum Gasteiger partial charge on any atom is 0.234 e. The highest BCUT2D eigenvalue weighted by molar-refractivity contribution is 7.07. The molecule has 1 aliphatic heterocycles. The molecule has 2 atom stereocenters. The molecule has 0 aromatic carbocycles. The molecule has 0 spiro atoms. The fourth-order valence-electron chi connectivity index (χ4n) is 2.57. The van der Waals surface area contributed by atoms with E-state index in [4.69, 9.17) is 9.47 Å². The van der Waals surface area contributed by atoms with Gasteiger partial charge in [0.2, 0.25) is 5.88 Å². The average molecular weight is 319 g/mol. The van der Waals surface area contributed by atoms with Crippen LogP contribution in [0.4, 0.5) is 5.82 Å². The van der Waals surface area contributed by atoms with Gasteiger partial charge in [-0.05, 0) is 43.2 Å². The number of hydrogen-bond donors (Lipinski definition) is 0. The molecule has 22 heavy (non-hydrogen) atoms. The molecule has 1 aliphatic rings. The Morgan fingerprint density at radius 2 is 2.23 bits per heavy atom. The summed E-state index contributed by atoms with van der Waals surface area (Å²) in [6.07, 6.45) is 3.76. The minimum atomic E-state index is 0.0754. The fourth-order valence-corrected chi connectivity index (χ4v) is 3.27. The molecule has 2 aromatic rings. The Kier molecular flexibility index (Phi) is 4.59. The third-order valence-corrected chi connectivity index (χ3v) is 4.16. The van der Waals surface area contributed by atoms with Gasteiger partial charge in [0.1, 0.15) is 6.10 Å². The maximum atomic E-state index is 6.06. The van der Waals surface area contributed by atoms with Gasteiger partial charge in [-0.3, -0.25) is 4.98 Å². The van der Waals surface area contributed by atoms with Crippen LogP contribution in [-0.2, 0) is 4.74 Å². The Hall–Kier alpha value is -1.66. The summed E-state index contributed by atoms with van der Waals surface area (Å²) in [6.45, 7) is 7.64. The zero-order chi connectivity index (χ0) is 15.5. The maximum absolute atomic E-state index is 6.06. The topological polar surface area (TPSA) is 47.5 Å². The van der Waals surface area contributed by atoms with Gasteiger partial charge < -0.3 is 14.4 Å². The second-order valence-electron chi connectivity index (χ2n) is 5.78. The van der Waals surface area contributed by atoms with Crippen molar-refractivity contribution in [1.29, 1.82) is 0 Å². The van der Waals surface area contributed by atoms with E-state index in [0.717, 1.165) is 18.9 Å². The van der Waals surface area contributed by atoms with Crippen molar-refractivity contribution in [1.82, 2.24) is 9.97 Å². The van der Waals surface area contributed by atoms with Gasteiger partial charge in [-0.25, -0.2) is 0 Å². The summed E-state index contributed by atoms with van der Waals surface area (Å²) in [5.74, 6) is 1.41. The van der Waals surface area contributed by atoms with E-state index in [1.165, 1.54) is 5.56 Å². The van der Waals surface area contributed by atoms with Gasteiger partial charge >= 0.3 is 0 Å². The molecule has 118 valence electrons. The van der Waals surface area contributed by atoms with Crippen LogP contribution in [0.1, 0.15) is 32.4 Å². The molecule has 1 fully saturated rings. The zero-order valence-electron chi connectivity index (χ0n) is 13.1. The van der Waals surface area contributed by atoms with Crippen LogP contribution in [0.3, 0.4) is 0 Å². The SMILES string of the molecule is CC(C)Oc1cncc(N2CC(C)OC(c3ccsc3)C2)n1. The third kappa shape index (κ3) is 3.56. The number of aromatic nitrogens is 2. The summed E-state index contributed by atoms with van der Waals surface area (Å²) in [4.78, 5) is 11.1. The van der Waals surface area contributed by atoms with E-state index in [9.17, 15) is 0 Å². The smallest absolute Gasteiger partial charge is 0.234 e. The molecule has 0 aliphatic carbocycles. The van der Waals surface area contributed by atoms with E-state index < -0.39 is 0 Å². The summed E-state index contributed by atoms with van der Waals surface area (Å²) >= 11 is 1.69. The number of morpholine rings is 1. The predicted octanol–water partition coefficient (Wildman–Crippen LogP) is 3.29. The summed E-state index contributed by atoms with van der Waals surface area (Å²) in [6, 6.07) is 2.12. The van der Waals surface area contributed by atoms with Crippen LogP contribution in [0.2, 0.25) is 0 Å². The van der Waals surface area contributed by atoms with E-state index in [1.54, 1.807) is 23.7 Å². The second-order valence-corrected chi connectivity index (χ2v) is 6.56. The van der Waals surface area contributed by atoms with Gasteiger partial charge in [0, 0.05) is 13.1 Å². The fraction of sp³-hybridized carbons (Fsp3) is 0.500. The number of thiophene rings is 1. The molecule has 5 nitrogen and oxygen atoms in total. The molecular formula is C16H21N3O2S. The first-order chi connectivity index (χ1) is 10.6. The third-order valence-electron chi connectivity index (χ3n) is 3.46. The quantitative estimate of drug-likeness (QED) is 0.865. The lowest BCUT2D eigenvalue weighted by molar-refractivity contribution is -0.0174. The highest BCUT2D eigenvalue weighted by atomic mass is 32.1. The molecule has 3 heterocycles. The Morgan fingerprint density at radius 1 is 1.36 bits per heavy atom. The van der Waals surface area contributed by atoms with Crippen molar-refractivity contribution in [3.8, 4) is 5.88 Å². The van der Waals surface area contributed by atoms with Crippen LogP contribution in [0.25, 0.3) is 0 Å². The van der Waals surface area contributed by atoms with E-state index in [0.29, 0.717) is 5.88 Å². The Balaban J connectivity index is 1.78. The molecule has 2 aromatic heterocycles. The number of ether oxygens (including phenoxy) is 2. The summed E-state index contributed by atoms with van der Waals surface area (Å²) < 4.78 is 11.7. The monoisotopic (exact) mass is 319 g/mol. The van der Waals surface area contributed by atoms with Gasteiger partial charge in [-0.15, -0.1) is 0 Å². The van der Waals surface area contributed by atoms with Crippen LogP contribution in [0.5, 0.6) is 5.88 Å². The molecule has 1 saturated heterocycles. The van der Waals surface area contributed by atoms with Crippen molar-refractivity contribution < 1.29 is 9.47 Å². The van der Waals surface area contributed by atoms with Gasteiger partial charge in [-0.2, -0.15) is 16.3 Å². The highest BCUT2D eigenvalue weighted by Gasteiger charge is 2.27. The molecular weight excluding hydrogens is 298 g/mol. The minimum Gasteiger partial charge on any atom is -0.474 e. The van der Waals surface area contributed by atoms with Crippen LogP contribution in [0, 0.1) is 0 Å². The highest BCUT2D eigenvalue weighted by Crippen LogP contribution is 2.29. The van der Waals surface area contributed by atoms with Crippen molar-refractivity contribution in [2.24, 2.45) is 0 Å². The zero-order valence-corrected chi connectivity index (χ0v) is 13.9. The van der Waals surface area contributed by atoms with Crippen molar-refractivity contribution in [2.75, 3.05) is 18.0 Å². The standard InChI is InChI=1S/C16H21N3O2S/c1-11(2)20-16-7-17-6-15(18-16)19-8-12(3)21-14(9-19)13-4-5-22-10-13/h4-7,10-12,14H,8-9H2,1-3H3. The Labute approximate surface area is 134 Å². The van der Waals surface area contributed by atoms with Crippen LogP contribution in [0.15, 0.2) is 29.2 Å². The first kappa shape index (κ1) is 15.2. The van der Waals surface area contributed by atoms with Crippen molar-refractivity contribution in [3.63, 3.8) is 0 Å². The number of nitrogens with zero attached hydrogens (tertiary/aromatic N) is 3. The van der Waals surface area contributed by atoms with Gasteiger partial charge in [0.05, 0.1) is 24.6 Å². The predicted molar refractivity (Wildman–Crippen MR) is 87.6 cm³/mol. The van der Waals surface area contributed by atoms with Crippen molar-refractivity contribution in [2.45, 2.75) is 39.1 Å². The van der Waals surface area contributed by atoms with E-state index in [-0.39, 0.29) is 18.3 Å². The van der Waals surface area contributed by atoms with Crippen LogP contribution >= 0.6 is 11.3 Å². The molecule has 0 saturated carbocycles. The first-order valence-electron chi connectivity index (χ1n) is 7.53. The van der Waals surface area contributed by atoms with E-state index >= 15 is 0 Å². The summed E-state index contributed by atoms with van der Waals surface area (Å²) in [5.41, 5.74) is 1.23. The van der Waals surface area contributed by atoms with Crippen molar-refractivity contribution in [3.05, 3.63) is 34.8 Å². The number of anilines is 1.